The first-order valence-electron chi connectivity index (χ1n) is 6.65. The number of nitrogens with zero attached hydrogens (tertiary/aromatic N) is 2. The molecule has 0 radical (unpaired) electrons. The highest BCUT2D eigenvalue weighted by Crippen LogP contribution is 2.09. The largest absolute Gasteiger partial charge is 0.353 e. The van der Waals surface area contributed by atoms with Gasteiger partial charge >= 0.3 is 5.69 Å². The Balaban J connectivity index is 0.00000400. The topological polar surface area (TPSA) is 99.1 Å². The molecule has 0 aromatic carbocycles. The van der Waals surface area contributed by atoms with E-state index in [9.17, 15) is 14.4 Å². The molecule has 21 heavy (non-hydrogen) atoms. The van der Waals surface area contributed by atoms with Crippen LogP contribution in [0.3, 0.4) is 0 Å². The summed E-state index contributed by atoms with van der Waals surface area (Å²) in [6.07, 6.45) is 2.83. The van der Waals surface area contributed by atoms with Gasteiger partial charge in [0, 0.05) is 31.4 Å². The minimum absolute atomic E-state index is 0. The van der Waals surface area contributed by atoms with Gasteiger partial charge in [-0.15, -0.1) is 12.4 Å². The van der Waals surface area contributed by atoms with Gasteiger partial charge in [0.05, 0.1) is 0 Å². The second-order valence-corrected chi connectivity index (χ2v) is 4.97. The SMILES string of the molecule is CCC(N)(CC)CNC(=O)Cn1ccc(=O)n(C)c1=O.Cl. The van der Waals surface area contributed by atoms with Crippen molar-refractivity contribution >= 4 is 18.3 Å². The fourth-order valence-electron chi connectivity index (χ4n) is 1.72. The third-order valence-electron chi connectivity index (χ3n) is 3.62. The molecule has 0 fully saturated rings. The Morgan fingerprint density at radius 2 is 1.90 bits per heavy atom. The zero-order chi connectivity index (χ0) is 15.3. The second kappa shape index (κ2) is 7.99. The number of hydrogen-bond acceptors (Lipinski definition) is 4. The maximum atomic E-state index is 11.8. The van der Waals surface area contributed by atoms with Crippen LogP contribution in [0.2, 0.25) is 0 Å². The fraction of sp³-hybridized carbons (Fsp3) is 0.615. The predicted octanol–water partition coefficient (Wildman–Crippen LogP) is -0.397. The Hall–Kier alpha value is -1.60. The predicted molar refractivity (Wildman–Crippen MR) is 83.7 cm³/mol. The van der Waals surface area contributed by atoms with E-state index in [4.69, 9.17) is 5.73 Å². The molecule has 0 saturated carbocycles. The van der Waals surface area contributed by atoms with Crippen molar-refractivity contribution in [3.8, 4) is 0 Å². The maximum Gasteiger partial charge on any atom is 0.331 e. The van der Waals surface area contributed by atoms with Crippen LogP contribution in [0.25, 0.3) is 0 Å². The molecule has 3 N–H and O–H groups in total. The first-order valence-corrected chi connectivity index (χ1v) is 6.65. The van der Waals surface area contributed by atoms with E-state index < -0.39 is 16.8 Å². The summed E-state index contributed by atoms with van der Waals surface area (Å²) in [6.45, 7) is 4.16. The molecule has 0 unspecified atom stereocenters. The van der Waals surface area contributed by atoms with E-state index in [0.29, 0.717) is 6.54 Å². The normalized spacial score (nSPS) is 10.9. The van der Waals surface area contributed by atoms with Crippen molar-refractivity contribution in [3.63, 3.8) is 0 Å². The summed E-state index contributed by atoms with van der Waals surface area (Å²) >= 11 is 0. The van der Waals surface area contributed by atoms with Gasteiger partial charge in [-0.1, -0.05) is 13.8 Å². The van der Waals surface area contributed by atoms with E-state index in [0.717, 1.165) is 17.4 Å². The number of amides is 1. The summed E-state index contributed by atoms with van der Waals surface area (Å²) < 4.78 is 2.14. The average Bonchev–Trinajstić information content (AvgIpc) is 2.45. The lowest BCUT2D eigenvalue weighted by molar-refractivity contribution is -0.122. The average molecular weight is 319 g/mol. The van der Waals surface area contributed by atoms with Crippen molar-refractivity contribution in [2.24, 2.45) is 12.8 Å². The van der Waals surface area contributed by atoms with Crippen LogP contribution in [0.4, 0.5) is 0 Å². The number of nitrogens with two attached hydrogens (primary N) is 1. The number of carbonyl (C=O) groups excluding carboxylic acids is 1. The third-order valence-corrected chi connectivity index (χ3v) is 3.62. The molecule has 1 rings (SSSR count). The van der Waals surface area contributed by atoms with Crippen LogP contribution in [0.15, 0.2) is 21.9 Å². The van der Waals surface area contributed by atoms with E-state index >= 15 is 0 Å². The standard InChI is InChI=1S/C13H22N4O3.ClH/c1-4-13(14,5-2)9-15-10(18)8-17-7-6-11(19)16(3)12(17)20;/h6-7H,4-5,8-9,14H2,1-3H3,(H,15,18);1H. The molecule has 120 valence electrons. The highest BCUT2D eigenvalue weighted by molar-refractivity contribution is 5.85. The number of hydrogen-bond donors (Lipinski definition) is 2. The molecule has 0 aliphatic carbocycles. The first kappa shape index (κ1) is 19.4. The van der Waals surface area contributed by atoms with Gasteiger partial charge in [-0.2, -0.15) is 0 Å². The lowest BCUT2D eigenvalue weighted by atomic mass is 9.94. The van der Waals surface area contributed by atoms with Crippen molar-refractivity contribution in [1.29, 1.82) is 0 Å². The number of carbonyl (C=O) groups is 1. The van der Waals surface area contributed by atoms with E-state index in [1.165, 1.54) is 23.9 Å². The van der Waals surface area contributed by atoms with Gasteiger partial charge in [-0.25, -0.2) is 4.79 Å². The van der Waals surface area contributed by atoms with E-state index in [1.807, 2.05) is 13.8 Å². The van der Waals surface area contributed by atoms with Gasteiger partial charge in [0.1, 0.15) is 6.54 Å². The second-order valence-electron chi connectivity index (χ2n) is 4.97. The first-order chi connectivity index (χ1) is 9.33. The molecule has 1 heterocycles. The smallest absolute Gasteiger partial charge is 0.331 e. The molecule has 0 bridgehead atoms. The van der Waals surface area contributed by atoms with Gasteiger partial charge in [0.25, 0.3) is 5.56 Å². The molecular weight excluding hydrogens is 296 g/mol. The molecule has 1 amide bonds. The summed E-state index contributed by atoms with van der Waals surface area (Å²) in [5, 5.41) is 2.72. The molecule has 0 saturated heterocycles. The molecule has 0 aliphatic rings. The summed E-state index contributed by atoms with van der Waals surface area (Å²) in [7, 11) is 1.37. The van der Waals surface area contributed by atoms with Gasteiger partial charge in [-0.05, 0) is 12.8 Å². The van der Waals surface area contributed by atoms with Crippen molar-refractivity contribution in [3.05, 3.63) is 33.1 Å². The Labute approximate surface area is 129 Å². The van der Waals surface area contributed by atoms with Crippen molar-refractivity contribution in [2.45, 2.75) is 38.8 Å². The molecule has 8 heteroatoms. The highest BCUT2D eigenvalue weighted by atomic mass is 35.5. The molecule has 1 aromatic rings. The van der Waals surface area contributed by atoms with Crippen LogP contribution >= 0.6 is 12.4 Å². The van der Waals surface area contributed by atoms with Crippen LogP contribution in [0, 0.1) is 0 Å². The Bertz CT molecular complexity index is 590. The van der Waals surface area contributed by atoms with Gasteiger partial charge in [0.15, 0.2) is 0 Å². The number of rotatable bonds is 6. The van der Waals surface area contributed by atoms with E-state index in [-0.39, 0.29) is 24.9 Å². The number of aromatic nitrogens is 2. The monoisotopic (exact) mass is 318 g/mol. The number of nitrogens with one attached hydrogen (secondary N) is 1. The molecule has 1 aromatic heterocycles. The molecule has 0 aliphatic heterocycles. The summed E-state index contributed by atoms with van der Waals surface area (Å²) in [6, 6.07) is 1.25. The fourth-order valence-corrected chi connectivity index (χ4v) is 1.72. The maximum absolute atomic E-state index is 11.8. The molecular formula is C13H23ClN4O3. The quantitative estimate of drug-likeness (QED) is 0.745. The summed E-state index contributed by atoms with van der Waals surface area (Å²) in [5.74, 6) is -0.303. The number of halogens is 1. The lowest BCUT2D eigenvalue weighted by Crippen LogP contribution is -2.50. The molecule has 0 atom stereocenters. The van der Waals surface area contributed by atoms with Crippen molar-refractivity contribution in [2.75, 3.05) is 6.54 Å². The van der Waals surface area contributed by atoms with Crippen LogP contribution in [-0.4, -0.2) is 27.1 Å². The minimum atomic E-state index is -0.516. The lowest BCUT2D eigenvalue weighted by Gasteiger charge is -2.26. The Kier molecular flexibility index (Phi) is 7.38. The van der Waals surface area contributed by atoms with Crippen molar-refractivity contribution < 1.29 is 4.79 Å². The van der Waals surface area contributed by atoms with Crippen LogP contribution in [0.1, 0.15) is 26.7 Å². The van der Waals surface area contributed by atoms with Crippen LogP contribution in [-0.2, 0) is 18.4 Å². The minimum Gasteiger partial charge on any atom is -0.353 e. The third kappa shape index (κ3) is 5.02. The zero-order valence-corrected chi connectivity index (χ0v) is 13.4. The van der Waals surface area contributed by atoms with Crippen LogP contribution < -0.4 is 22.3 Å². The summed E-state index contributed by atoms with van der Waals surface area (Å²) in [4.78, 5) is 34.8. The van der Waals surface area contributed by atoms with Gasteiger partial charge in [-0.3, -0.25) is 18.7 Å². The zero-order valence-electron chi connectivity index (χ0n) is 12.6. The Morgan fingerprint density at radius 1 is 1.33 bits per heavy atom. The highest BCUT2D eigenvalue weighted by Gasteiger charge is 2.20. The summed E-state index contributed by atoms with van der Waals surface area (Å²) in [5.41, 5.74) is 4.74. The molecule has 0 spiro atoms. The van der Waals surface area contributed by atoms with E-state index in [2.05, 4.69) is 5.32 Å². The Morgan fingerprint density at radius 3 is 2.43 bits per heavy atom. The van der Waals surface area contributed by atoms with E-state index in [1.54, 1.807) is 0 Å². The van der Waals surface area contributed by atoms with Gasteiger partial charge in [0.2, 0.25) is 5.91 Å². The van der Waals surface area contributed by atoms with Gasteiger partial charge < -0.3 is 11.1 Å². The molecule has 7 nitrogen and oxygen atoms in total. The van der Waals surface area contributed by atoms with Crippen molar-refractivity contribution in [1.82, 2.24) is 14.5 Å². The van der Waals surface area contributed by atoms with Crippen LogP contribution in [0.5, 0.6) is 0 Å².